The highest BCUT2D eigenvalue weighted by Crippen LogP contribution is 2.23. The average molecular weight is 251 g/mol. The molecule has 1 aromatic carbocycles. The Balaban J connectivity index is 1.98. The van der Waals surface area contributed by atoms with Crippen LogP contribution in [0.4, 0.5) is 0 Å². The van der Waals surface area contributed by atoms with Crippen molar-refractivity contribution in [2.24, 2.45) is 0 Å². The van der Waals surface area contributed by atoms with E-state index in [4.69, 9.17) is 4.74 Å². The first-order chi connectivity index (χ1) is 9.36. The van der Waals surface area contributed by atoms with Crippen molar-refractivity contribution in [3.8, 4) is 17.1 Å². The van der Waals surface area contributed by atoms with Crippen LogP contribution in [0.25, 0.3) is 22.4 Å². The van der Waals surface area contributed by atoms with Gasteiger partial charge in [-0.2, -0.15) is 0 Å². The molecule has 0 amide bonds. The van der Waals surface area contributed by atoms with E-state index in [1.54, 1.807) is 18.5 Å². The van der Waals surface area contributed by atoms with Gasteiger partial charge in [-0.15, -0.1) is 0 Å². The molecule has 0 atom stereocenters. The van der Waals surface area contributed by atoms with Gasteiger partial charge < -0.3 is 9.72 Å². The number of hydrogen-bond donors (Lipinski definition) is 1. The lowest BCUT2D eigenvalue weighted by Gasteiger charge is -2.04. The third-order valence-electron chi connectivity index (χ3n) is 2.76. The number of H-pyrrole nitrogens is 1. The lowest BCUT2D eigenvalue weighted by molar-refractivity contribution is 0.363. The summed E-state index contributed by atoms with van der Waals surface area (Å²) in [6.07, 6.45) is 5.22. The molecule has 0 aliphatic carbocycles. The third-order valence-corrected chi connectivity index (χ3v) is 2.76. The molecule has 2 aromatic heterocycles. The van der Waals surface area contributed by atoms with Crippen LogP contribution in [-0.2, 0) is 0 Å². The van der Waals surface area contributed by atoms with Crippen molar-refractivity contribution in [3.05, 3.63) is 55.4 Å². The number of imidazole rings is 1. The van der Waals surface area contributed by atoms with Gasteiger partial charge in [0.1, 0.15) is 18.2 Å². The minimum atomic E-state index is 0.494. The van der Waals surface area contributed by atoms with E-state index in [9.17, 15) is 0 Å². The number of hydrogen-bond acceptors (Lipinski definition) is 3. The number of nitrogens with one attached hydrogen (secondary N) is 1. The van der Waals surface area contributed by atoms with Crippen LogP contribution in [0.15, 0.2) is 55.4 Å². The van der Waals surface area contributed by atoms with E-state index in [1.165, 1.54) is 0 Å². The molecule has 0 radical (unpaired) electrons. The van der Waals surface area contributed by atoms with E-state index in [0.717, 1.165) is 28.2 Å². The van der Waals surface area contributed by atoms with E-state index in [2.05, 4.69) is 21.5 Å². The van der Waals surface area contributed by atoms with Crippen LogP contribution in [0.2, 0.25) is 0 Å². The number of aromatic nitrogens is 3. The van der Waals surface area contributed by atoms with Gasteiger partial charge in [0.25, 0.3) is 0 Å². The normalized spacial score (nSPS) is 10.5. The Kier molecular flexibility index (Phi) is 2.98. The quantitative estimate of drug-likeness (QED) is 0.724. The topological polar surface area (TPSA) is 50.8 Å². The van der Waals surface area contributed by atoms with Crippen molar-refractivity contribution in [1.82, 2.24) is 15.0 Å². The van der Waals surface area contributed by atoms with Gasteiger partial charge >= 0.3 is 0 Å². The summed E-state index contributed by atoms with van der Waals surface area (Å²) in [5.74, 6) is 1.61. The molecule has 0 saturated carbocycles. The molecular formula is C15H13N3O. The van der Waals surface area contributed by atoms with Gasteiger partial charge in [-0.1, -0.05) is 24.8 Å². The summed E-state index contributed by atoms with van der Waals surface area (Å²) < 4.78 is 5.52. The molecule has 0 bridgehead atoms. The summed E-state index contributed by atoms with van der Waals surface area (Å²) in [5.41, 5.74) is 2.81. The molecule has 4 heteroatoms. The highest BCUT2D eigenvalue weighted by molar-refractivity contribution is 5.78. The zero-order chi connectivity index (χ0) is 13.1. The first-order valence-electron chi connectivity index (χ1n) is 6.00. The first-order valence-corrected chi connectivity index (χ1v) is 6.00. The molecule has 3 rings (SSSR count). The minimum Gasteiger partial charge on any atom is -0.490 e. The third kappa shape index (κ3) is 2.33. The Morgan fingerprint density at radius 1 is 1.32 bits per heavy atom. The standard InChI is InChI=1S/C15H13N3O/c1-2-8-19-12-5-3-4-11(9-12)15-17-13-6-7-16-10-14(13)18-15/h2-7,9-10H,1,8H2,(H,17,18). The molecular weight excluding hydrogens is 238 g/mol. The molecule has 2 heterocycles. The maximum Gasteiger partial charge on any atom is 0.138 e. The van der Waals surface area contributed by atoms with Gasteiger partial charge in [0.15, 0.2) is 0 Å². The Hall–Kier alpha value is -2.62. The van der Waals surface area contributed by atoms with Crippen LogP contribution < -0.4 is 4.74 Å². The second-order valence-corrected chi connectivity index (χ2v) is 4.11. The fraction of sp³-hybridized carbons (Fsp3) is 0.0667. The number of nitrogens with zero attached hydrogens (tertiary/aromatic N) is 2. The van der Waals surface area contributed by atoms with Crippen molar-refractivity contribution in [3.63, 3.8) is 0 Å². The Morgan fingerprint density at radius 2 is 2.26 bits per heavy atom. The molecule has 19 heavy (non-hydrogen) atoms. The zero-order valence-electron chi connectivity index (χ0n) is 10.3. The molecule has 0 unspecified atom stereocenters. The van der Waals surface area contributed by atoms with Gasteiger partial charge in [-0.25, -0.2) is 4.98 Å². The van der Waals surface area contributed by atoms with E-state index in [1.807, 2.05) is 30.3 Å². The molecule has 3 aromatic rings. The first kappa shape index (κ1) is 11.5. The van der Waals surface area contributed by atoms with Crippen molar-refractivity contribution in [1.29, 1.82) is 0 Å². The Labute approximate surface area is 110 Å². The van der Waals surface area contributed by atoms with E-state index >= 15 is 0 Å². The molecule has 94 valence electrons. The predicted octanol–water partition coefficient (Wildman–Crippen LogP) is 3.19. The molecule has 0 saturated heterocycles. The Morgan fingerprint density at radius 3 is 3.11 bits per heavy atom. The van der Waals surface area contributed by atoms with E-state index < -0.39 is 0 Å². The van der Waals surface area contributed by atoms with Crippen LogP contribution >= 0.6 is 0 Å². The van der Waals surface area contributed by atoms with Gasteiger partial charge in [0.2, 0.25) is 0 Å². The summed E-state index contributed by atoms with van der Waals surface area (Å²) >= 11 is 0. The smallest absolute Gasteiger partial charge is 0.138 e. The van der Waals surface area contributed by atoms with Crippen molar-refractivity contribution < 1.29 is 4.74 Å². The SMILES string of the molecule is C=CCOc1cccc(-c2nc3ccncc3[nH]2)c1. The summed E-state index contributed by atoms with van der Waals surface area (Å²) in [5, 5.41) is 0. The number of pyridine rings is 1. The van der Waals surface area contributed by atoms with Gasteiger partial charge in [-0.05, 0) is 18.2 Å². The van der Waals surface area contributed by atoms with Gasteiger partial charge in [0.05, 0.1) is 17.2 Å². The van der Waals surface area contributed by atoms with Crippen LogP contribution in [0.5, 0.6) is 5.75 Å². The van der Waals surface area contributed by atoms with Crippen molar-refractivity contribution in [2.75, 3.05) is 6.61 Å². The van der Waals surface area contributed by atoms with Gasteiger partial charge in [-0.3, -0.25) is 4.98 Å². The second kappa shape index (κ2) is 4.94. The lowest BCUT2D eigenvalue weighted by Crippen LogP contribution is -1.92. The molecule has 0 fully saturated rings. The fourth-order valence-electron chi connectivity index (χ4n) is 1.88. The largest absolute Gasteiger partial charge is 0.490 e. The molecule has 0 spiro atoms. The fourth-order valence-corrected chi connectivity index (χ4v) is 1.88. The van der Waals surface area contributed by atoms with E-state index in [-0.39, 0.29) is 0 Å². The van der Waals surface area contributed by atoms with Crippen LogP contribution in [0.3, 0.4) is 0 Å². The zero-order valence-corrected chi connectivity index (χ0v) is 10.3. The molecule has 1 N–H and O–H groups in total. The monoisotopic (exact) mass is 251 g/mol. The molecule has 4 nitrogen and oxygen atoms in total. The molecule has 0 aliphatic heterocycles. The lowest BCUT2D eigenvalue weighted by atomic mass is 10.2. The maximum absolute atomic E-state index is 5.52. The number of benzene rings is 1. The van der Waals surface area contributed by atoms with Gasteiger partial charge in [0, 0.05) is 11.8 Å². The molecule has 0 aliphatic rings. The highest BCUT2D eigenvalue weighted by atomic mass is 16.5. The average Bonchev–Trinajstić information content (AvgIpc) is 2.89. The summed E-state index contributed by atoms with van der Waals surface area (Å²) in [7, 11) is 0. The summed E-state index contributed by atoms with van der Waals surface area (Å²) in [4.78, 5) is 11.8. The minimum absolute atomic E-state index is 0.494. The maximum atomic E-state index is 5.52. The second-order valence-electron chi connectivity index (χ2n) is 4.11. The van der Waals surface area contributed by atoms with Crippen LogP contribution in [0, 0.1) is 0 Å². The number of rotatable bonds is 4. The number of aromatic amines is 1. The highest BCUT2D eigenvalue weighted by Gasteiger charge is 2.05. The number of fused-ring (bicyclic) bond motifs is 1. The summed E-state index contributed by atoms with van der Waals surface area (Å²) in [6, 6.07) is 9.68. The van der Waals surface area contributed by atoms with Crippen LogP contribution in [-0.4, -0.2) is 21.6 Å². The van der Waals surface area contributed by atoms with E-state index in [0.29, 0.717) is 6.61 Å². The summed E-state index contributed by atoms with van der Waals surface area (Å²) in [6.45, 7) is 4.13. The predicted molar refractivity (Wildman–Crippen MR) is 75.0 cm³/mol. The van der Waals surface area contributed by atoms with Crippen molar-refractivity contribution >= 4 is 11.0 Å². The van der Waals surface area contributed by atoms with Crippen LogP contribution in [0.1, 0.15) is 0 Å². The Bertz CT molecular complexity index is 685. The van der Waals surface area contributed by atoms with Crippen molar-refractivity contribution in [2.45, 2.75) is 0 Å². The number of ether oxygens (including phenoxy) is 1.